The van der Waals surface area contributed by atoms with Crippen LogP contribution in [-0.2, 0) is 19.5 Å². The third kappa shape index (κ3) is 3.51. The number of hydrogen-bond donors (Lipinski definition) is 1. The fourth-order valence-electron chi connectivity index (χ4n) is 2.94. The summed E-state index contributed by atoms with van der Waals surface area (Å²) in [4.78, 5) is 2.45. The highest BCUT2D eigenvalue weighted by Gasteiger charge is 2.15. The van der Waals surface area contributed by atoms with Crippen LogP contribution in [0.25, 0.3) is 0 Å². The number of hydrogen-bond acceptors (Lipinski definition) is 4. The number of halogens is 1. The maximum atomic E-state index is 13.0. The van der Waals surface area contributed by atoms with Gasteiger partial charge in [0.25, 0.3) is 0 Å². The summed E-state index contributed by atoms with van der Waals surface area (Å²) in [6.45, 7) is 4.53. The molecule has 0 spiro atoms. The third-order valence-electron chi connectivity index (χ3n) is 4.22. The number of rotatable bonds is 6. The van der Waals surface area contributed by atoms with Gasteiger partial charge in [-0.1, -0.05) is 17.3 Å². The van der Waals surface area contributed by atoms with E-state index in [2.05, 4.69) is 15.2 Å². The standard InChI is InChI=1S/C16H22FN5/c17-14-5-3-13(4-6-14)11-16-15(12-18)19-20-22(16)10-9-21-7-1-2-8-21/h3-6H,1-2,7-12,18H2. The van der Waals surface area contributed by atoms with Crippen molar-refractivity contribution in [3.63, 3.8) is 0 Å². The third-order valence-corrected chi connectivity index (χ3v) is 4.22. The van der Waals surface area contributed by atoms with Gasteiger partial charge in [0.15, 0.2) is 0 Å². The van der Waals surface area contributed by atoms with Gasteiger partial charge < -0.3 is 10.6 Å². The van der Waals surface area contributed by atoms with Crippen LogP contribution in [0.2, 0.25) is 0 Å². The average Bonchev–Trinajstić information content (AvgIpc) is 3.17. The first-order valence-corrected chi connectivity index (χ1v) is 7.84. The van der Waals surface area contributed by atoms with Crippen LogP contribution < -0.4 is 5.73 Å². The zero-order chi connectivity index (χ0) is 15.4. The van der Waals surface area contributed by atoms with E-state index in [1.165, 1.54) is 38.1 Å². The van der Waals surface area contributed by atoms with Crippen molar-refractivity contribution in [2.45, 2.75) is 32.4 Å². The molecule has 3 rings (SSSR count). The van der Waals surface area contributed by atoms with Crippen molar-refractivity contribution < 1.29 is 4.39 Å². The normalized spacial score (nSPS) is 15.5. The van der Waals surface area contributed by atoms with Gasteiger partial charge in [-0.05, 0) is 43.6 Å². The van der Waals surface area contributed by atoms with Gasteiger partial charge in [0, 0.05) is 19.5 Å². The van der Waals surface area contributed by atoms with E-state index in [1.54, 1.807) is 12.1 Å². The summed E-state index contributed by atoms with van der Waals surface area (Å²) in [6.07, 6.45) is 3.25. The highest BCUT2D eigenvalue weighted by molar-refractivity contribution is 5.24. The highest BCUT2D eigenvalue weighted by atomic mass is 19.1. The topological polar surface area (TPSA) is 60.0 Å². The molecule has 2 heterocycles. The van der Waals surface area contributed by atoms with E-state index in [1.807, 2.05) is 4.68 Å². The lowest BCUT2D eigenvalue weighted by atomic mass is 10.1. The van der Waals surface area contributed by atoms with Crippen LogP contribution in [0, 0.1) is 5.82 Å². The van der Waals surface area contributed by atoms with Gasteiger partial charge in [0.1, 0.15) is 5.82 Å². The van der Waals surface area contributed by atoms with Gasteiger partial charge in [0.2, 0.25) is 0 Å². The van der Waals surface area contributed by atoms with Crippen LogP contribution in [0.15, 0.2) is 24.3 Å². The van der Waals surface area contributed by atoms with E-state index in [4.69, 9.17) is 5.73 Å². The maximum Gasteiger partial charge on any atom is 0.123 e. The van der Waals surface area contributed by atoms with Gasteiger partial charge in [-0.2, -0.15) is 0 Å². The molecule has 2 N–H and O–H groups in total. The minimum atomic E-state index is -0.219. The molecule has 22 heavy (non-hydrogen) atoms. The summed E-state index contributed by atoms with van der Waals surface area (Å²) in [7, 11) is 0. The molecule has 0 atom stereocenters. The van der Waals surface area contributed by atoms with Crippen LogP contribution in [-0.4, -0.2) is 39.5 Å². The molecule has 118 valence electrons. The van der Waals surface area contributed by atoms with Crippen molar-refractivity contribution in [2.75, 3.05) is 19.6 Å². The first-order chi connectivity index (χ1) is 10.8. The molecule has 1 aliphatic rings. The minimum Gasteiger partial charge on any atom is -0.325 e. The Morgan fingerprint density at radius 1 is 1.09 bits per heavy atom. The number of nitrogens with zero attached hydrogens (tertiary/aromatic N) is 4. The van der Waals surface area contributed by atoms with E-state index in [-0.39, 0.29) is 5.82 Å². The van der Waals surface area contributed by atoms with Gasteiger partial charge in [-0.15, -0.1) is 5.10 Å². The SMILES string of the molecule is NCc1nnn(CCN2CCCC2)c1Cc1ccc(F)cc1. The van der Waals surface area contributed by atoms with Crippen LogP contribution in [0.1, 0.15) is 29.8 Å². The first kappa shape index (κ1) is 15.1. The van der Waals surface area contributed by atoms with E-state index in [0.29, 0.717) is 13.0 Å². The Bertz CT molecular complexity index is 601. The van der Waals surface area contributed by atoms with E-state index in [0.717, 1.165) is 30.0 Å². The first-order valence-electron chi connectivity index (χ1n) is 7.84. The quantitative estimate of drug-likeness (QED) is 0.880. The van der Waals surface area contributed by atoms with Gasteiger partial charge in [0.05, 0.1) is 17.9 Å². The van der Waals surface area contributed by atoms with Crippen LogP contribution in [0.3, 0.4) is 0 Å². The van der Waals surface area contributed by atoms with Crippen molar-refractivity contribution >= 4 is 0 Å². The predicted molar refractivity (Wildman–Crippen MR) is 82.8 cm³/mol. The van der Waals surface area contributed by atoms with Gasteiger partial charge in [-0.3, -0.25) is 0 Å². The van der Waals surface area contributed by atoms with Gasteiger partial charge >= 0.3 is 0 Å². The Hall–Kier alpha value is -1.79. The van der Waals surface area contributed by atoms with E-state index < -0.39 is 0 Å². The number of nitrogens with two attached hydrogens (primary N) is 1. The Balaban J connectivity index is 1.72. The molecule has 0 bridgehead atoms. The molecule has 0 aliphatic carbocycles. The van der Waals surface area contributed by atoms with Crippen molar-refractivity contribution in [3.05, 3.63) is 47.0 Å². The Morgan fingerprint density at radius 3 is 2.50 bits per heavy atom. The monoisotopic (exact) mass is 303 g/mol. The lowest BCUT2D eigenvalue weighted by Gasteiger charge is -2.15. The molecule has 6 heteroatoms. The zero-order valence-electron chi connectivity index (χ0n) is 12.7. The second-order valence-corrected chi connectivity index (χ2v) is 5.76. The van der Waals surface area contributed by atoms with Crippen molar-refractivity contribution in [1.29, 1.82) is 0 Å². The smallest absolute Gasteiger partial charge is 0.123 e. The predicted octanol–water partition coefficient (Wildman–Crippen LogP) is 1.56. The number of benzene rings is 1. The number of likely N-dealkylation sites (tertiary alicyclic amines) is 1. The highest BCUT2D eigenvalue weighted by Crippen LogP contribution is 2.14. The fourth-order valence-corrected chi connectivity index (χ4v) is 2.94. The maximum absolute atomic E-state index is 13.0. The van der Waals surface area contributed by atoms with E-state index >= 15 is 0 Å². The lowest BCUT2D eigenvalue weighted by molar-refractivity contribution is 0.312. The molecule has 1 aromatic carbocycles. The Labute approximate surface area is 129 Å². The molecule has 1 fully saturated rings. The molecule has 0 radical (unpaired) electrons. The average molecular weight is 303 g/mol. The molecular weight excluding hydrogens is 281 g/mol. The molecule has 5 nitrogen and oxygen atoms in total. The second kappa shape index (κ2) is 6.98. The number of aromatic nitrogens is 3. The molecule has 1 aliphatic heterocycles. The van der Waals surface area contributed by atoms with Crippen molar-refractivity contribution in [1.82, 2.24) is 19.9 Å². The fraction of sp³-hybridized carbons (Fsp3) is 0.500. The summed E-state index contributed by atoms with van der Waals surface area (Å²) < 4.78 is 15.0. The summed E-state index contributed by atoms with van der Waals surface area (Å²) in [5.41, 5.74) is 8.68. The zero-order valence-corrected chi connectivity index (χ0v) is 12.7. The van der Waals surface area contributed by atoms with E-state index in [9.17, 15) is 4.39 Å². The van der Waals surface area contributed by atoms with Crippen molar-refractivity contribution in [3.8, 4) is 0 Å². The molecule has 0 amide bonds. The Kier molecular flexibility index (Phi) is 4.80. The molecule has 0 unspecified atom stereocenters. The van der Waals surface area contributed by atoms with Crippen molar-refractivity contribution in [2.24, 2.45) is 5.73 Å². The second-order valence-electron chi connectivity index (χ2n) is 5.76. The molecule has 1 saturated heterocycles. The van der Waals surface area contributed by atoms with Gasteiger partial charge in [-0.25, -0.2) is 9.07 Å². The minimum absolute atomic E-state index is 0.219. The Morgan fingerprint density at radius 2 is 1.82 bits per heavy atom. The largest absolute Gasteiger partial charge is 0.325 e. The lowest BCUT2D eigenvalue weighted by Crippen LogP contribution is -2.25. The molecule has 0 saturated carbocycles. The van der Waals surface area contributed by atoms with Crippen LogP contribution >= 0.6 is 0 Å². The summed E-state index contributed by atoms with van der Waals surface area (Å²) in [5.74, 6) is -0.219. The molecule has 2 aromatic rings. The summed E-state index contributed by atoms with van der Waals surface area (Å²) >= 11 is 0. The van der Waals surface area contributed by atoms with Crippen LogP contribution in [0.4, 0.5) is 4.39 Å². The molecule has 1 aromatic heterocycles. The summed E-state index contributed by atoms with van der Waals surface area (Å²) in [5, 5.41) is 8.44. The summed E-state index contributed by atoms with van der Waals surface area (Å²) in [6, 6.07) is 6.56. The molecular formula is C16H22FN5. The van der Waals surface area contributed by atoms with Crippen LogP contribution in [0.5, 0.6) is 0 Å².